The van der Waals surface area contributed by atoms with Gasteiger partial charge in [-0.25, -0.2) is 4.98 Å². The van der Waals surface area contributed by atoms with Gasteiger partial charge in [0.2, 0.25) is 0 Å². The first-order chi connectivity index (χ1) is 9.33. The summed E-state index contributed by atoms with van der Waals surface area (Å²) in [7, 11) is 0. The zero-order valence-corrected chi connectivity index (χ0v) is 12.2. The molecule has 0 spiro atoms. The number of nitrogens with zero attached hydrogens (tertiary/aromatic N) is 1. The first-order valence-electron chi connectivity index (χ1n) is 5.22. The average Bonchev–Trinajstić information content (AvgIpc) is 2.74. The molecule has 1 aromatic carbocycles. The molecule has 1 aromatic heterocycles. The molecule has 9 heteroatoms. The van der Waals surface area contributed by atoms with Crippen molar-refractivity contribution in [2.75, 3.05) is 5.73 Å². The lowest BCUT2D eigenvalue weighted by atomic mass is 10.3. The van der Waals surface area contributed by atoms with E-state index < -0.39 is 6.36 Å². The molecule has 4 nitrogen and oxygen atoms in total. The Balaban J connectivity index is 2.01. The van der Waals surface area contributed by atoms with Crippen LogP contribution >= 0.6 is 27.3 Å². The third-order valence-electron chi connectivity index (χ3n) is 2.08. The van der Waals surface area contributed by atoms with Crippen molar-refractivity contribution >= 4 is 32.4 Å². The van der Waals surface area contributed by atoms with E-state index in [1.807, 2.05) is 0 Å². The lowest BCUT2D eigenvalue weighted by Crippen LogP contribution is -2.17. The van der Waals surface area contributed by atoms with Crippen LogP contribution in [-0.2, 0) is 6.61 Å². The number of ether oxygens (including phenoxy) is 2. The first-order valence-corrected chi connectivity index (χ1v) is 6.83. The molecule has 0 aliphatic rings. The van der Waals surface area contributed by atoms with Crippen molar-refractivity contribution in [3.63, 3.8) is 0 Å². The number of nitrogens with two attached hydrogens (primary N) is 1. The van der Waals surface area contributed by atoms with Gasteiger partial charge in [-0.1, -0.05) is 11.3 Å². The van der Waals surface area contributed by atoms with Crippen LogP contribution in [0.2, 0.25) is 0 Å². The van der Waals surface area contributed by atoms with Crippen LogP contribution in [0.5, 0.6) is 11.5 Å². The lowest BCUT2D eigenvalue weighted by Gasteiger charge is -2.11. The van der Waals surface area contributed by atoms with Crippen LogP contribution in [0.1, 0.15) is 4.88 Å². The monoisotopic (exact) mass is 368 g/mol. The van der Waals surface area contributed by atoms with Crippen LogP contribution in [0.4, 0.5) is 18.3 Å². The van der Waals surface area contributed by atoms with Crippen LogP contribution in [0, 0.1) is 0 Å². The summed E-state index contributed by atoms with van der Waals surface area (Å²) < 4.78 is 45.7. The average molecular weight is 369 g/mol. The number of alkyl halides is 3. The number of hydrogen-bond donors (Lipinski definition) is 1. The van der Waals surface area contributed by atoms with Crippen LogP contribution < -0.4 is 15.2 Å². The number of rotatable bonds is 4. The summed E-state index contributed by atoms with van der Waals surface area (Å²) in [6.07, 6.45) is -3.15. The number of anilines is 1. The first kappa shape index (κ1) is 14.9. The van der Waals surface area contributed by atoms with Crippen molar-refractivity contribution in [2.45, 2.75) is 13.0 Å². The Bertz CT molecular complexity index is 604. The standard InChI is InChI=1S/C11H8BrF3N2O2S/c12-8-3-6(1-2-9(8)19-11(13,14)15)18-5-7-4-17-10(16)20-7/h1-4H,5H2,(H2,16,17). The van der Waals surface area contributed by atoms with Gasteiger partial charge in [-0.3, -0.25) is 0 Å². The molecule has 0 unspecified atom stereocenters. The summed E-state index contributed by atoms with van der Waals surface area (Å²) in [5, 5.41) is 0.429. The molecule has 2 aromatic rings. The third kappa shape index (κ3) is 4.27. The van der Waals surface area contributed by atoms with Crippen molar-refractivity contribution in [3.05, 3.63) is 33.7 Å². The predicted molar refractivity (Wildman–Crippen MR) is 71.7 cm³/mol. The van der Waals surface area contributed by atoms with Gasteiger partial charge < -0.3 is 15.2 Å². The van der Waals surface area contributed by atoms with Crippen molar-refractivity contribution in [2.24, 2.45) is 0 Å². The summed E-state index contributed by atoms with van der Waals surface area (Å²) in [4.78, 5) is 4.68. The number of nitrogen functional groups attached to an aromatic ring is 1. The van der Waals surface area contributed by atoms with Crippen molar-refractivity contribution in [1.82, 2.24) is 4.98 Å². The van der Waals surface area contributed by atoms with Gasteiger partial charge in [0, 0.05) is 6.20 Å². The zero-order chi connectivity index (χ0) is 14.8. The van der Waals surface area contributed by atoms with Crippen LogP contribution in [0.3, 0.4) is 0 Å². The SMILES string of the molecule is Nc1ncc(COc2ccc(OC(F)(F)F)c(Br)c2)s1. The number of hydrogen-bond acceptors (Lipinski definition) is 5. The van der Waals surface area contributed by atoms with E-state index in [9.17, 15) is 13.2 Å². The smallest absolute Gasteiger partial charge is 0.488 e. The minimum atomic E-state index is -4.73. The van der Waals surface area contributed by atoms with E-state index in [-0.39, 0.29) is 16.8 Å². The van der Waals surface area contributed by atoms with E-state index in [1.54, 1.807) is 6.20 Å². The molecule has 2 N–H and O–H groups in total. The van der Waals surface area contributed by atoms with Crippen LogP contribution in [-0.4, -0.2) is 11.3 Å². The molecule has 0 saturated heterocycles. The van der Waals surface area contributed by atoms with E-state index >= 15 is 0 Å². The zero-order valence-electron chi connectivity index (χ0n) is 9.78. The van der Waals surface area contributed by atoms with Crippen molar-refractivity contribution < 1.29 is 22.6 Å². The van der Waals surface area contributed by atoms with E-state index in [2.05, 4.69) is 25.7 Å². The Morgan fingerprint density at radius 2 is 2.10 bits per heavy atom. The van der Waals surface area contributed by atoms with Gasteiger partial charge >= 0.3 is 6.36 Å². The fraction of sp³-hybridized carbons (Fsp3) is 0.182. The minimum absolute atomic E-state index is 0.149. The molecule has 0 aliphatic carbocycles. The lowest BCUT2D eigenvalue weighted by molar-refractivity contribution is -0.274. The summed E-state index contributed by atoms with van der Waals surface area (Å²) in [6.45, 7) is 0.237. The molecule has 0 aliphatic heterocycles. The maximum absolute atomic E-state index is 12.1. The summed E-state index contributed by atoms with van der Waals surface area (Å²) in [6, 6.07) is 3.95. The fourth-order valence-corrected chi connectivity index (χ4v) is 2.36. The van der Waals surface area contributed by atoms with E-state index in [0.29, 0.717) is 10.9 Å². The topological polar surface area (TPSA) is 57.4 Å². The molecule has 0 radical (unpaired) electrons. The van der Waals surface area contributed by atoms with Crippen molar-refractivity contribution in [3.8, 4) is 11.5 Å². The molecule has 1 heterocycles. The Morgan fingerprint density at radius 1 is 1.35 bits per heavy atom. The molecule has 0 amide bonds. The normalized spacial score (nSPS) is 11.4. The Hall–Kier alpha value is -1.48. The number of thiazole rings is 1. The second kappa shape index (κ2) is 5.88. The fourth-order valence-electron chi connectivity index (χ4n) is 1.32. The maximum atomic E-state index is 12.1. The van der Waals surface area contributed by atoms with Gasteiger partial charge in [0.25, 0.3) is 0 Å². The van der Waals surface area contributed by atoms with E-state index in [4.69, 9.17) is 10.5 Å². The van der Waals surface area contributed by atoms with Gasteiger partial charge in [0.15, 0.2) is 5.13 Å². The van der Waals surface area contributed by atoms with Gasteiger partial charge in [-0.15, -0.1) is 13.2 Å². The quantitative estimate of drug-likeness (QED) is 0.886. The Morgan fingerprint density at radius 3 is 2.65 bits per heavy atom. The third-order valence-corrected chi connectivity index (χ3v) is 3.50. The summed E-state index contributed by atoms with van der Waals surface area (Å²) in [5.74, 6) is 0.0743. The molecular formula is C11H8BrF3N2O2S. The highest BCUT2D eigenvalue weighted by atomic mass is 79.9. The molecule has 0 fully saturated rings. The Kier molecular flexibility index (Phi) is 4.39. The molecule has 0 atom stereocenters. The second-order valence-corrected chi connectivity index (χ2v) is 5.59. The summed E-state index contributed by atoms with van der Waals surface area (Å²) >= 11 is 4.27. The highest BCUT2D eigenvalue weighted by Gasteiger charge is 2.31. The van der Waals surface area contributed by atoms with Gasteiger partial charge in [0.05, 0.1) is 9.35 Å². The number of benzene rings is 1. The van der Waals surface area contributed by atoms with Gasteiger partial charge in [0.1, 0.15) is 18.1 Å². The summed E-state index contributed by atoms with van der Waals surface area (Å²) in [5.41, 5.74) is 5.47. The number of halogens is 4. The molecule has 108 valence electrons. The molecule has 20 heavy (non-hydrogen) atoms. The molecule has 0 bridgehead atoms. The Labute approximate surface area is 124 Å². The van der Waals surface area contributed by atoms with Crippen LogP contribution in [0.25, 0.3) is 0 Å². The predicted octanol–water partition coefficient (Wildman–Crippen LogP) is 3.97. The van der Waals surface area contributed by atoms with Crippen molar-refractivity contribution in [1.29, 1.82) is 0 Å². The number of aromatic nitrogens is 1. The van der Waals surface area contributed by atoms with E-state index in [1.165, 1.54) is 29.5 Å². The minimum Gasteiger partial charge on any atom is -0.488 e. The van der Waals surface area contributed by atoms with Crippen LogP contribution in [0.15, 0.2) is 28.9 Å². The molecular weight excluding hydrogens is 361 g/mol. The highest BCUT2D eigenvalue weighted by Crippen LogP contribution is 2.33. The maximum Gasteiger partial charge on any atom is 0.573 e. The van der Waals surface area contributed by atoms with Gasteiger partial charge in [-0.2, -0.15) is 0 Å². The van der Waals surface area contributed by atoms with Gasteiger partial charge in [-0.05, 0) is 34.1 Å². The molecule has 2 rings (SSSR count). The van der Waals surface area contributed by atoms with E-state index in [0.717, 1.165) is 4.88 Å². The highest BCUT2D eigenvalue weighted by molar-refractivity contribution is 9.10. The second-order valence-electron chi connectivity index (χ2n) is 3.59. The largest absolute Gasteiger partial charge is 0.573 e. The molecule has 0 saturated carbocycles.